The van der Waals surface area contributed by atoms with Crippen LogP contribution in [0.3, 0.4) is 0 Å². The molecule has 0 saturated carbocycles. The van der Waals surface area contributed by atoms with E-state index in [1.807, 2.05) is 47.0 Å². The van der Waals surface area contributed by atoms with Crippen LogP contribution in [0.5, 0.6) is 0 Å². The molecule has 1 fully saturated rings. The van der Waals surface area contributed by atoms with E-state index in [2.05, 4.69) is 39.5 Å². The van der Waals surface area contributed by atoms with Crippen LogP contribution < -0.4 is 10.2 Å². The summed E-state index contributed by atoms with van der Waals surface area (Å²) < 4.78 is 2.04. The van der Waals surface area contributed by atoms with Gasteiger partial charge >= 0.3 is 0 Å². The number of carbonyl (C=O) groups is 1. The predicted molar refractivity (Wildman–Crippen MR) is 118 cm³/mol. The number of carbonyl (C=O) groups excluding carboxylic acids is 1. The second-order valence-corrected chi connectivity index (χ2v) is 7.94. The maximum atomic E-state index is 12.4. The fourth-order valence-corrected chi connectivity index (χ4v) is 4.34. The van der Waals surface area contributed by atoms with Gasteiger partial charge in [0.1, 0.15) is 0 Å². The molecule has 1 aliphatic rings. The molecule has 1 N–H and O–H groups in total. The highest BCUT2D eigenvalue weighted by Gasteiger charge is 2.15. The van der Waals surface area contributed by atoms with Crippen LogP contribution in [0, 0.1) is 0 Å². The van der Waals surface area contributed by atoms with Crippen molar-refractivity contribution in [2.75, 3.05) is 29.1 Å². The number of thioether (sulfide) groups is 1. The Hall–Kier alpha value is -2.80. The Morgan fingerprint density at radius 2 is 1.76 bits per heavy atom. The quantitative estimate of drug-likeness (QED) is 0.592. The maximum absolute atomic E-state index is 12.4. The molecule has 29 heavy (non-hydrogen) atoms. The highest BCUT2D eigenvalue weighted by atomic mass is 32.2. The van der Waals surface area contributed by atoms with Crippen LogP contribution in [-0.2, 0) is 11.3 Å². The molecule has 150 valence electrons. The number of hydrogen-bond donors (Lipinski definition) is 1. The van der Waals surface area contributed by atoms with E-state index in [1.54, 1.807) is 0 Å². The Morgan fingerprint density at radius 3 is 2.45 bits per heavy atom. The Balaban J connectivity index is 1.35. The van der Waals surface area contributed by atoms with Crippen LogP contribution in [0.2, 0.25) is 0 Å². The van der Waals surface area contributed by atoms with Gasteiger partial charge in [0.15, 0.2) is 11.0 Å². The predicted octanol–water partition coefficient (Wildman–Crippen LogP) is 4.30. The summed E-state index contributed by atoms with van der Waals surface area (Å²) in [5.41, 5.74) is 3.07. The number of aromatic nitrogens is 3. The molecule has 2 aromatic carbocycles. The monoisotopic (exact) mass is 407 g/mol. The summed E-state index contributed by atoms with van der Waals surface area (Å²) in [6, 6.07) is 18.1. The summed E-state index contributed by atoms with van der Waals surface area (Å²) in [4.78, 5) is 14.8. The summed E-state index contributed by atoms with van der Waals surface area (Å²) in [5.74, 6) is 1.07. The molecule has 1 amide bonds. The summed E-state index contributed by atoms with van der Waals surface area (Å²) in [6.07, 6.45) is 2.51. The molecule has 3 aromatic rings. The van der Waals surface area contributed by atoms with Crippen molar-refractivity contribution in [2.24, 2.45) is 0 Å². The molecule has 0 spiro atoms. The van der Waals surface area contributed by atoms with Gasteiger partial charge in [-0.3, -0.25) is 4.79 Å². The first-order chi connectivity index (χ1) is 14.2. The summed E-state index contributed by atoms with van der Waals surface area (Å²) >= 11 is 1.41. The van der Waals surface area contributed by atoms with Crippen LogP contribution in [0.1, 0.15) is 19.8 Å². The van der Waals surface area contributed by atoms with Gasteiger partial charge in [-0.05, 0) is 44.0 Å². The standard InChI is InChI=1S/C22H25N5OS/c1-2-27-21(17-8-4-3-5-9-17)24-25-22(27)29-16-20(28)23-18-10-12-19(13-11-18)26-14-6-7-15-26/h3-5,8-13H,2,6-7,14-16H2,1H3,(H,23,28). The molecule has 1 aliphatic heterocycles. The van der Waals surface area contributed by atoms with Crippen LogP contribution >= 0.6 is 11.8 Å². The molecule has 7 heteroatoms. The van der Waals surface area contributed by atoms with Gasteiger partial charge in [-0.1, -0.05) is 42.1 Å². The lowest BCUT2D eigenvalue weighted by atomic mass is 10.2. The van der Waals surface area contributed by atoms with Gasteiger partial charge in [-0.15, -0.1) is 10.2 Å². The maximum Gasteiger partial charge on any atom is 0.234 e. The summed E-state index contributed by atoms with van der Waals surface area (Å²) in [7, 11) is 0. The van der Waals surface area contributed by atoms with Gasteiger partial charge in [0, 0.05) is 36.6 Å². The minimum absolute atomic E-state index is 0.0455. The van der Waals surface area contributed by atoms with E-state index in [0.717, 1.165) is 41.9 Å². The average molecular weight is 408 g/mol. The first-order valence-corrected chi connectivity index (χ1v) is 11.0. The van der Waals surface area contributed by atoms with Crippen molar-refractivity contribution in [3.63, 3.8) is 0 Å². The fraction of sp³-hybridized carbons (Fsp3) is 0.318. The minimum atomic E-state index is -0.0455. The number of benzene rings is 2. The fourth-order valence-electron chi connectivity index (χ4n) is 3.54. The van der Waals surface area contributed by atoms with Crippen molar-refractivity contribution < 1.29 is 4.79 Å². The second-order valence-electron chi connectivity index (χ2n) is 6.99. The van der Waals surface area contributed by atoms with Gasteiger partial charge in [0.05, 0.1) is 5.75 Å². The number of rotatable bonds is 7. The molecule has 4 rings (SSSR count). The van der Waals surface area contributed by atoms with E-state index in [-0.39, 0.29) is 5.91 Å². The number of nitrogens with one attached hydrogen (secondary N) is 1. The zero-order valence-electron chi connectivity index (χ0n) is 16.5. The third kappa shape index (κ3) is 4.62. The highest BCUT2D eigenvalue weighted by Crippen LogP contribution is 2.25. The van der Waals surface area contributed by atoms with Crippen molar-refractivity contribution >= 4 is 29.0 Å². The topological polar surface area (TPSA) is 63.1 Å². The van der Waals surface area contributed by atoms with Gasteiger partial charge in [0.25, 0.3) is 0 Å². The zero-order valence-corrected chi connectivity index (χ0v) is 17.4. The Morgan fingerprint density at radius 1 is 1.03 bits per heavy atom. The lowest BCUT2D eigenvalue weighted by Gasteiger charge is -2.17. The highest BCUT2D eigenvalue weighted by molar-refractivity contribution is 7.99. The zero-order chi connectivity index (χ0) is 20.1. The third-order valence-corrected chi connectivity index (χ3v) is 5.99. The molecule has 0 bridgehead atoms. The van der Waals surface area contributed by atoms with E-state index in [9.17, 15) is 4.79 Å². The smallest absolute Gasteiger partial charge is 0.234 e. The van der Waals surface area contributed by atoms with Crippen LogP contribution in [0.25, 0.3) is 11.4 Å². The number of hydrogen-bond acceptors (Lipinski definition) is 5. The van der Waals surface area contributed by atoms with Crippen molar-refractivity contribution in [3.05, 3.63) is 54.6 Å². The van der Waals surface area contributed by atoms with E-state index in [1.165, 1.54) is 30.3 Å². The van der Waals surface area contributed by atoms with Gasteiger partial charge in [-0.2, -0.15) is 0 Å². The molecule has 2 heterocycles. The largest absolute Gasteiger partial charge is 0.372 e. The number of nitrogens with zero attached hydrogens (tertiary/aromatic N) is 4. The van der Waals surface area contributed by atoms with Crippen molar-refractivity contribution in [1.29, 1.82) is 0 Å². The van der Waals surface area contributed by atoms with E-state index in [4.69, 9.17) is 0 Å². The van der Waals surface area contributed by atoms with Crippen LogP contribution in [0.15, 0.2) is 59.8 Å². The minimum Gasteiger partial charge on any atom is -0.372 e. The second kappa shape index (κ2) is 9.13. The van der Waals surface area contributed by atoms with Crippen molar-refractivity contribution in [3.8, 4) is 11.4 Å². The van der Waals surface area contributed by atoms with Gasteiger partial charge < -0.3 is 14.8 Å². The lowest BCUT2D eigenvalue weighted by Crippen LogP contribution is -2.18. The number of amides is 1. The normalized spacial score (nSPS) is 13.6. The molecule has 0 unspecified atom stereocenters. The average Bonchev–Trinajstić information content (AvgIpc) is 3.43. The van der Waals surface area contributed by atoms with Gasteiger partial charge in [0.2, 0.25) is 5.91 Å². The van der Waals surface area contributed by atoms with Crippen molar-refractivity contribution in [1.82, 2.24) is 14.8 Å². The van der Waals surface area contributed by atoms with Gasteiger partial charge in [-0.25, -0.2) is 0 Å². The van der Waals surface area contributed by atoms with Crippen LogP contribution in [-0.4, -0.2) is 39.5 Å². The molecule has 1 aromatic heterocycles. The molecular formula is C22H25N5OS. The summed E-state index contributed by atoms with van der Waals surface area (Å²) in [5, 5.41) is 12.3. The molecule has 0 aliphatic carbocycles. The van der Waals surface area contributed by atoms with Crippen molar-refractivity contribution in [2.45, 2.75) is 31.5 Å². The number of anilines is 2. The Kier molecular flexibility index (Phi) is 6.14. The van der Waals surface area contributed by atoms with E-state index in [0.29, 0.717) is 5.75 Å². The molecule has 6 nitrogen and oxygen atoms in total. The first-order valence-electron chi connectivity index (χ1n) is 10.0. The third-order valence-electron chi connectivity index (χ3n) is 5.02. The van der Waals surface area contributed by atoms with E-state index >= 15 is 0 Å². The van der Waals surface area contributed by atoms with E-state index < -0.39 is 0 Å². The molecule has 0 radical (unpaired) electrons. The Labute approximate surface area is 175 Å². The lowest BCUT2D eigenvalue weighted by molar-refractivity contribution is -0.113. The Bertz CT molecular complexity index is 949. The molecule has 0 atom stereocenters. The molecule has 1 saturated heterocycles. The first kappa shape index (κ1) is 19.5. The summed E-state index contributed by atoms with van der Waals surface area (Å²) in [6.45, 7) is 5.04. The van der Waals surface area contributed by atoms with Crippen LogP contribution in [0.4, 0.5) is 11.4 Å². The SMILES string of the molecule is CCn1c(SCC(=O)Nc2ccc(N3CCCC3)cc2)nnc1-c1ccccc1. The molecular weight excluding hydrogens is 382 g/mol.